The maximum absolute atomic E-state index is 13.9. The molecule has 1 aliphatic heterocycles. The first-order chi connectivity index (χ1) is 14.8. The minimum absolute atomic E-state index is 0.0246. The molecule has 0 saturated carbocycles. The topological polar surface area (TPSA) is 106 Å². The molecule has 1 aliphatic rings. The molecule has 3 aromatic rings. The quantitative estimate of drug-likeness (QED) is 0.590. The predicted octanol–water partition coefficient (Wildman–Crippen LogP) is 2.83. The molecular formula is C21H16FN3O5S. The van der Waals surface area contributed by atoms with Gasteiger partial charge in [0.15, 0.2) is 0 Å². The highest BCUT2D eigenvalue weighted by atomic mass is 32.2. The van der Waals surface area contributed by atoms with Gasteiger partial charge in [0.05, 0.1) is 24.9 Å². The number of sulfonamides is 1. The maximum atomic E-state index is 13.9. The summed E-state index contributed by atoms with van der Waals surface area (Å²) in [7, 11) is -2.93. The number of aromatic nitrogens is 1. The number of carbonyl (C=O) groups is 2. The van der Waals surface area contributed by atoms with Crippen molar-refractivity contribution in [2.75, 3.05) is 11.8 Å². The second kappa shape index (κ2) is 7.80. The van der Waals surface area contributed by atoms with Gasteiger partial charge in [0, 0.05) is 6.20 Å². The van der Waals surface area contributed by atoms with E-state index in [0.29, 0.717) is 5.56 Å². The van der Waals surface area contributed by atoms with Gasteiger partial charge in [0.25, 0.3) is 21.8 Å². The normalized spacial score (nSPS) is 13.3. The fourth-order valence-corrected chi connectivity index (χ4v) is 4.50. The molecule has 2 amide bonds. The van der Waals surface area contributed by atoms with Gasteiger partial charge in [-0.15, -0.1) is 0 Å². The molecule has 1 N–H and O–H groups in total. The third-order valence-corrected chi connectivity index (χ3v) is 6.09. The molecule has 31 heavy (non-hydrogen) atoms. The molecule has 0 bridgehead atoms. The Bertz CT molecular complexity index is 1270. The summed E-state index contributed by atoms with van der Waals surface area (Å²) in [6, 6.07) is 12.6. The summed E-state index contributed by atoms with van der Waals surface area (Å²) >= 11 is 0. The lowest BCUT2D eigenvalue weighted by Crippen LogP contribution is -2.29. The number of hydrogen-bond donors (Lipinski definition) is 1. The van der Waals surface area contributed by atoms with Crippen LogP contribution in [0, 0.1) is 5.82 Å². The Morgan fingerprint density at radius 2 is 1.84 bits per heavy atom. The van der Waals surface area contributed by atoms with Crippen LogP contribution in [0.25, 0.3) is 0 Å². The van der Waals surface area contributed by atoms with Crippen LogP contribution in [-0.4, -0.2) is 37.2 Å². The molecule has 10 heteroatoms. The van der Waals surface area contributed by atoms with Crippen molar-refractivity contribution >= 4 is 27.5 Å². The van der Waals surface area contributed by atoms with E-state index in [4.69, 9.17) is 4.74 Å². The molecule has 0 aliphatic carbocycles. The number of rotatable bonds is 6. The number of nitrogens with one attached hydrogen (secondary N) is 1. The van der Waals surface area contributed by atoms with E-state index in [1.165, 1.54) is 55.8 Å². The molecule has 0 spiro atoms. The number of benzene rings is 2. The van der Waals surface area contributed by atoms with Crippen molar-refractivity contribution in [2.45, 2.75) is 11.4 Å². The van der Waals surface area contributed by atoms with Crippen molar-refractivity contribution in [3.05, 3.63) is 83.4 Å². The summed E-state index contributed by atoms with van der Waals surface area (Å²) in [6.07, 6.45) is 1.42. The van der Waals surface area contributed by atoms with Gasteiger partial charge in [-0.1, -0.05) is 18.2 Å². The van der Waals surface area contributed by atoms with Crippen LogP contribution in [0.5, 0.6) is 5.75 Å². The lowest BCUT2D eigenvalue weighted by molar-refractivity contribution is 0.0640. The Labute approximate surface area is 177 Å². The predicted molar refractivity (Wildman–Crippen MR) is 109 cm³/mol. The minimum Gasteiger partial charge on any atom is -0.495 e. The number of carbonyl (C=O) groups excluding carboxylic acids is 2. The van der Waals surface area contributed by atoms with Crippen LogP contribution < -0.4 is 9.46 Å². The van der Waals surface area contributed by atoms with E-state index in [9.17, 15) is 22.4 Å². The molecule has 2 heterocycles. The monoisotopic (exact) mass is 441 g/mol. The summed E-state index contributed by atoms with van der Waals surface area (Å²) in [5.74, 6) is -1.79. The molecule has 1 aromatic heterocycles. The van der Waals surface area contributed by atoms with E-state index in [-0.39, 0.29) is 34.1 Å². The number of nitrogens with zero attached hydrogens (tertiary/aromatic N) is 2. The second-order valence-electron chi connectivity index (χ2n) is 6.67. The first kappa shape index (κ1) is 20.5. The fourth-order valence-electron chi connectivity index (χ4n) is 3.21. The molecular weight excluding hydrogens is 425 g/mol. The molecule has 0 radical (unpaired) electrons. The highest BCUT2D eigenvalue weighted by molar-refractivity contribution is 7.92. The molecule has 8 nitrogen and oxygen atoms in total. The van der Waals surface area contributed by atoms with Crippen molar-refractivity contribution in [2.24, 2.45) is 0 Å². The third kappa shape index (κ3) is 3.73. The van der Waals surface area contributed by atoms with Gasteiger partial charge in [-0.3, -0.25) is 24.2 Å². The molecule has 158 valence electrons. The molecule has 0 atom stereocenters. The van der Waals surface area contributed by atoms with Crippen LogP contribution in [0.4, 0.5) is 10.1 Å². The SMILES string of the molecule is COc1ccc(CN2C(=O)c3cccnc3C2=O)cc1S(=O)(=O)Nc1ccccc1F. The zero-order chi connectivity index (χ0) is 22.2. The fraction of sp³-hybridized carbons (Fsp3) is 0.0952. The number of imide groups is 1. The standard InChI is InChI=1S/C21H16FN3O5S/c1-30-17-9-8-13(12-25-20(26)14-5-4-10-23-19(14)21(25)27)11-18(17)31(28,29)24-16-7-3-2-6-15(16)22/h2-11,24H,12H2,1H3. The van der Waals surface area contributed by atoms with Crippen molar-refractivity contribution < 1.29 is 27.1 Å². The van der Waals surface area contributed by atoms with Gasteiger partial charge in [0.1, 0.15) is 22.2 Å². The van der Waals surface area contributed by atoms with E-state index >= 15 is 0 Å². The van der Waals surface area contributed by atoms with E-state index < -0.39 is 27.7 Å². The highest BCUT2D eigenvalue weighted by Gasteiger charge is 2.36. The smallest absolute Gasteiger partial charge is 0.280 e. The minimum atomic E-state index is -4.23. The Balaban J connectivity index is 1.66. The van der Waals surface area contributed by atoms with Crippen LogP contribution in [0.15, 0.2) is 65.7 Å². The van der Waals surface area contributed by atoms with Gasteiger partial charge < -0.3 is 4.74 Å². The van der Waals surface area contributed by atoms with Crippen molar-refractivity contribution in [3.8, 4) is 5.75 Å². The number of hydrogen-bond acceptors (Lipinski definition) is 6. The van der Waals surface area contributed by atoms with Gasteiger partial charge in [-0.2, -0.15) is 0 Å². The largest absolute Gasteiger partial charge is 0.495 e. The van der Waals surface area contributed by atoms with Crippen LogP contribution in [-0.2, 0) is 16.6 Å². The van der Waals surface area contributed by atoms with Gasteiger partial charge in [-0.25, -0.2) is 12.8 Å². The Morgan fingerprint density at radius 3 is 2.55 bits per heavy atom. The van der Waals surface area contributed by atoms with E-state index in [1.807, 2.05) is 0 Å². The number of anilines is 1. The van der Waals surface area contributed by atoms with Crippen molar-refractivity contribution in [1.29, 1.82) is 0 Å². The lowest BCUT2D eigenvalue weighted by atomic mass is 10.2. The summed E-state index contributed by atoms with van der Waals surface area (Å²) in [6.45, 7) is -0.166. The van der Waals surface area contributed by atoms with E-state index in [1.54, 1.807) is 6.07 Å². The van der Waals surface area contributed by atoms with Crippen LogP contribution in [0.1, 0.15) is 26.4 Å². The molecule has 0 unspecified atom stereocenters. The van der Waals surface area contributed by atoms with Gasteiger partial charge >= 0.3 is 0 Å². The van der Waals surface area contributed by atoms with Gasteiger partial charge in [-0.05, 0) is 42.0 Å². The first-order valence-electron chi connectivity index (χ1n) is 9.07. The Kier molecular flexibility index (Phi) is 5.15. The Morgan fingerprint density at radius 1 is 1.06 bits per heavy atom. The number of para-hydroxylation sites is 1. The Hall–Kier alpha value is -3.79. The highest BCUT2D eigenvalue weighted by Crippen LogP contribution is 2.29. The van der Waals surface area contributed by atoms with E-state index in [2.05, 4.69) is 9.71 Å². The first-order valence-corrected chi connectivity index (χ1v) is 10.6. The van der Waals surface area contributed by atoms with Crippen molar-refractivity contribution in [3.63, 3.8) is 0 Å². The number of halogens is 1. The van der Waals surface area contributed by atoms with Crippen LogP contribution >= 0.6 is 0 Å². The number of methoxy groups -OCH3 is 1. The molecule has 0 saturated heterocycles. The number of pyridine rings is 1. The van der Waals surface area contributed by atoms with Crippen LogP contribution in [0.3, 0.4) is 0 Å². The summed E-state index contributed by atoms with van der Waals surface area (Å²) in [4.78, 5) is 29.8. The molecule has 4 rings (SSSR count). The summed E-state index contributed by atoms with van der Waals surface area (Å²) < 4.78 is 47.1. The maximum Gasteiger partial charge on any atom is 0.280 e. The number of amides is 2. The average Bonchev–Trinajstić information content (AvgIpc) is 3.00. The summed E-state index contributed by atoms with van der Waals surface area (Å²) in [5, 5.41) is 0. The summed E-state index contributed by atoms with van der Waals surface area (Å²) in [5.41, 5.74) is 0.385. The zero-order valence-corrected chi connectivity index (χ0v) is 17.0. The van der Waals surface area contributed by atoms with E-state index in [0.717, 1.165) is 11.0 Å². The zero-order valence-electron chi connectivity index (χ0n) is 16.2. The van der Waals surface area contributed by atoms with Crippen LogP contribution in [0.2, 0.25) is 0 Å². The lowest BCUT2D eigenvalue weighted by Gasteiger charge is -2.16. The van der Waals surface area contributed by atoms with Gasteiger partial charge in [0.2, 0.25) is 0 Å². The number of ether oxygens (including phenoxy) is 1. The average molecular weight is 441 g/mol. The van der Waals surface area contributed by atoms with Crippen molar-refractivity contribution in [1.82, 2.24) is 9.88 Å². The molecule has 0 fully saturated rings. The second-order valence-corrected chi connectivity index (χ2v) is 8.32. The molecule has 2 aromatic carbocycles. The number of fused-ring (bicyclic) bond motifs is 1. The third-order valence-electron chi connectivity index (χ3n) is 4.71.